The molecule has 34 heavy (non-hydrogen) atoms. The summed E-state index contributed by atoms with van der Waals surface area (Å²) in [5.41, 5.74) is 3.65. The summed E-state index contributed by atoms with van der Waals surface area (Å²) in [6.07, 6.45) is 0. The topological polar surface area (TPSA) is 70.5 Å². The first kappa shape index (κ1) is 22.8. The molecule has 1 aliphatic rings. The molecule has 0 radical (unpaired) electrons. The van der Waals surface area contributed by atoms with E-state index in [0.717, 1.165) is 20.3 Å². The van der Waals surface area contributed by atoms with Gasteiger partial charge in [0, 0.05) is 15.1 Å². The van der Waals surface area contributed by atoms with Crippen LogP contribution >= 0.6 is 38.9 Å². The first-order chi connectivity index (χ1) is 16.2. The van der Waals surface area contributed by atoms with Gasteiger partial charge < -0.3 is 5.11 Å². The molecule has 1 saturated heterocycles. The molecule has 3 aromatic carbocycles. The van der Waals surface area contributed by atoms with Gasteiger partial charge in [-0.15, -0.1) is 0 Å². The average Bonchev–Trinajstić information content (AvgIpc) is 3.33. The van der Waals surface area contributed by atoms with Crippen molar-refractivity contribution in [1.82, 2.24) is 4.98 Å². The van der Waals surface area contributed by atoms with E-state index in [1.54, 1.807) is 18.2 Å². The number of Topliss-reactive ketones (excluding diaryl/α,β-unsaturated/α-hetero) is 1. The standard InChI is InChI=1S/C26H18BrClN2O3S/c1-13-6-7-14(2)18(10-13)23(31)21-22(15-4-3-5-16(27)11-15)30(25(33)24(21)32)26-29-19-9-8-17(28)12-20(19)34-26/h3-12,22,31H,1-2H3/b23-21+. The van der Waals surface area contributed by atoms with Crippen LogP contribution in [0.25, 0.3) is 16.0 Å². The number of hydrogen-bond donors (Lipinski definition) is 1. The first-order valence-corrected chi connectivity index (χ1v) is 12.4. The van der Waals surface area contributed by atoms with Gasteiger partial charge in [0.25, 0.3) is 5.78 Å². The van der Waals surface area contributed by atoms with Gasteiger partial charge in [-0.05, 0) is 61.4 Å². The number of hydrogen-bond acceptors (Lipinski definition) is 5. The Balaban J connectivity index is 1.77. The predicted octanol–water partition coefficient (Wildman–Crippen LogP) is 6.96. The van der Waals surface area contributed by atoms with Gasteiger partial charge in [0.2, 0.25) is 0 Å². The van der Waals surface area contributed by atoms with E-state index in [1.807, 2.05) is 56.3 Å². The molecule has 4 aromatic rings. The number of fused-ring (bicyclic) bond motifs is 1. The van der Waals surface area contributed by atoms with E-state index in [1.165, 1.54) is 16.2 Å². The van der Waals surface area contributed by atoms with Crippen molar-refractivity contribution in [1.29, 1.82) is 0 Å². The summed E-state index contributed by atoms with van der Waals surface area (Å²) in [4.78, 5) is 32.7. The Hall–Kier alpha value is -3.00. The number of anilines is 1. The van der Waals surface area contributed by atoms with E-state index in [2.05, 4.69) is 20.9 Å². The van der Waals surface area contributed by atoms with Gasteiger partial charge in [0.05, 0.1) is 21.8 Å². The summed E-state index contributed by atoms with van der Waals surface area (Å²) in [6.45, 7) is 3.77. The van der Waals surface area contributed by atoms with Crippen molar-refractivity contribution >= 4 is 71.7 Å². The van der Waals surface area contributed by atoms with Gasteiger partial charge >= 0.3 is 5.91 Å². The van der Waals surface area contributed by atoms with Crippen LogP contribution in [0.3, 0.4) is 0 Å². The van der Waals surface area contributed by atoms with Crippen molar-refractivity contribution < 1.29 is 14.7 Å². The van der Waals surface area contributed by atoms with E-state index >= 15 is 0 Å². The summed E-state index contributed by atoms with van der Waals surface area (Å²) in [5, 5.41) is 12.3. The van der Waals surface area contributed by atoms with E-state index in [0.29, 0.717) is 26.8 Å². The van der Waals surface area contributed by atoms with Gasteiger partial charge in [-0.3, -0.25) is 14.5 Å². The van der Waals surface area contributed by atoms with Gasteiger partial charge in [-0.25, -0.2) is 4.98 Å². The van der Waals surface area contributed by atoms with Crippen LogP contribution in [0, 0.1) is 13.8 Å². The number of aliphatic hydroxyl groups excluding tert-OH is 1. The molecule has 1 aromatic heterocycles. The number of benzene rings is 3. The molecule has 0 spiro atoms. The van der Waals surface area contributed by atoms with E-state index in [9.17, 15) is 14.7 Å². The van der Waals surface area contributed by atoms with E-state index < -0.39 is 17.7 Å². The minimum Gasteiger partial charge on any atom is -0.507 e. The molecule has 2 heterocycles. The van der Waals surface area contributed by atoms with Crippen LogP contribution in [0.1, 0.15) is 28.3 Å². The smallest absolute Gasteiger partial charge is 0.301 e. The molecule has 1 unspecified atom stereocenters. The number of rotatable bonds is 3. The van der Waals surface area contributed by atoms with E-state index in [4.69, 9.17) is 11.6 Å². The third-order valence-corrected chi connectivity index (χ3v) is 7.55. The zero-order valence-electron chi connectivity index (χ0n) is 18.2. The van der Waals surface area contributed by atoms with Gasteiger partial charge in [0.1, 0.15) is 5.76 Å². The molecule has 1 fully saturated rings. The summed E-state index contributed by atoms with van der Waals surface area (Å²) >= 11 is 10.9. The second-order valence-electron chi connectivity index (χ2n) is 8.15. The largest absolute Gasteiger partial charge is 0.507 e. The van der Waals surface area contributed by atoms with Crippen LogP contribution in [0.4, 0.5) is 5.13 Å². The molecule has 1 amide bonds. The number of nitrogens with zero attached hydrogens (tertiary/aromatic N) is 2. The molecular formula is C26H18BrClN2O3S. The molecule has 1 atom stereocenters. The highest BCUT2D eigenvalue weighted by molar-refractivity contribution is 9.10. The van der Waals surface area contributed by atoms with E-state index in [-0.39, 0.29) is 11.3 Å². The summed E-state index contributed by atoms with van der Waals surface area (Å²) in [6, 6.07) is 17.4. The summed E-state index contributed by atoms with van der Waals surface area (Å²) in [5.74, 6) is -1.68. The van der Waals surface area contributed by atoms with Crippen LogP contribution < -0.4 is 4.90 Å². The Morgan fingerprint density at radius 2 is 1.88 bits per heavy atom. The minimum absolute atomic E-state index is 0.0362. The average molecular weight is 554 g/mol. The molecule has 170 valence electrons. The number of thiazole rings is 1. The highest BCUT2D eigenvalue weighted by Crippen LogP contribution is 2.45. The van der Waals surface area contributed by atoms with Gasteiger partial charge in [-0.2, -0.15) is 0 Å². The number of halogens is 2. The number of amides is 1. The van der Waals surface area contributed by atoms with Crippen molar-refractivity contribution in [3.05, 3.63) is 98.0 Å². The van der Waals surface area contributed by atoms with Crippen molar-refractivity contribution in [3.63, 3.8) is 0 Å². The molecule has 0 bridgehead atoms. The van der Waals surface area contributed by atoms with Crippen LogP contribution in [0.5, 0.6) is 0 Å². The molecule has 1 N–H and O–H groups in total. The van der Waals surface area contributed by atoms with Crippen molar-refractivity contribution in [3.8, 4) is 0 Å². The molecule has 0 saturated carbocycles. The van der Waals surface area contributed by atoms with Crippen LogP contribution in [0.15, 0.2) is 70.7 Å². The minimum atomic E-state index is -0.839. The maximum absolute atomic E-state index is 13.4. The van der Waals surface area contributed by atoms with Crippen molar-refractivity contribution in [2.75, 3.05) is 4.90 Å². The lowest BCUT2D eigenvalue weighted by atomic mass is 9.93. The van der Waals surface area contributed by atoms with Gasteiger partial charge in [-0.1, -0.05) is 68.7 Å². The Labute approximate surface area is 213 Å². The molecule has 1 aliphatic heterocycles. The third-order valence-electron chi connectivity index (χ3n) is 5.80. The number of carbonyl (C=O) groups excluding carboxylic acids is 2. The zero-order valence-corrected chi connectivity index (χ0v) is 21.3. The fraction of sp³-hybridized carbons (Fsp3) is 0.115. The third kappa shape index (κ3) is 3.83. The quantitative estimate of drug-likeness (QED) is 0.169. The summed E-state index contributed by atoms with van der Waals surface area (Å²) in [7, 11) is 0. The lowest BCUT2D eigenvalue weighted by molar-refractivity contribution is -0.132. The Morgan fingerprint density at radius 3 is 2.65 bits per heavy atom. The molecule has 5 rings (SSSR count). The Morgan fingerprint density at radius 1 is 1.09 bits per heavy atom. The fourth-order valence-electron chi connectivity index (χ4n) is 4.15. The SMILES string of the molecule is Cc1ccc(C)c(/C(O)=C2\C(=O)C(=O)N(c3nc4ccc(Cl)cc4s3)C2c2cccc(Br)c2)c1. The normalized spacial score (nSPS) is 17.6. The second-order valence-corrected chi connectivity index (χ2v) is 10.5. The number of carbonyl (C=O) groups is 2. The Bertz CT molecular complexity index is 1530. The zero-order chi connectivity index (χ0) is 24.1. The predicted molar refractivity (Wildman–Crippen MR) is 139 cm³/mol. The summed E-state index contributed by atoms with van der Waals surface area (Å²) < 4.78 is 1.59. The number of aromatic nitrogens is 1. The Kier molecular flexibility index (Phi) is 5.80. The number of aryl methyl sites for hydroxylation is 2. The van der Waals surface area contributed by atoms with Crippen LogP contribution in [-0.2, 0) is 9.59 Å². The fourth-order valence-corrected chi connectivity index (χ4v) is 5.83. The molecule has 8 heteroatoms. The lowest BCUT2D eigenvalue weighted by Crippen LogP contribution is -2.29. The van der Waals surface area contributed by atoms with Crippen LogP contribution in [-0.4, -0.2) is 21.8 Å². The molecule has 0 aliphatic carbocycles. The number of ketones is 1. The lowest BCUT2D eigenvalue weighted by Gasteiger charge is -2.23. The monoisotopic (exact) mass is 552 g/mol. The van der Waals surface area contributed by atoms with Gasteiger partial charge in [0.15, 0.2) is 5.13 Å². The maximum atomic E-state index is 13.4. The highest BCUT2D eigenvalue weighted by Gasteiger charge is 2.48. The highest BCUT2D eigenvalue weighted by atomic mass is 79.9. The van der Waals surface area contributed by atoms with Crippen molar-refractivity contribution in [2.24, 2.45) is 0 Å². The van der Waals surface area contributed by atoms with Crippen LogP contribution in [0.2, 0.25) is 5.02 Å². The molecular weight excluding hydrogens is 536 g/mol. The number of aliphatic hydroxyl groups is 1. The molecule has 5 nitrogen and oxygen atoms in total. The maximum Gasteiger partial charge on any atom is 0.301 e. The second kappa shape index (κ2) is 8.65. The van der Waals surface area contributed by atoms with Crippen molar-refractivity contribution in [2.45, 2.75) is 19.9 Å². The first-order valence-electron chi connectivity index (χ1n) is 10.4.